The molecule has 0 spiro atoms. The zero-order valence-electron chi connectivity index (χ0n) is 26.0. The largest absolute Gasteiger partial charge is 0.528 e. The average Bonchev–Trinajstić information content (AvgIpc) is 3.11. The van der Waals surface area contributed by atoms with Crippen LogP contribution in [0.5, 0.6) is 0 Å². The maximum Gasteiger partial charge on any atom is 0.528 e. The van der Waals surface area contributed by atoms with E-state index in [-0.39, 0.29) is 9.79 Å². The number of sulfone groups is 2. The Bertz CT molecular complexity index is 2170. The van der Waals surface area contributed by atoms with Crippen LogP contribution in [-0.4, -0.2) is 65.7 Å². The molecule has 0 bridgehead atoms. The Morgan fingerprint density at radius 3 is 0.868 bits per heavy atom. The summed E-state index contributed by atoms with van der Waals surface area (Å²) in [5.41, 5.74) is -1.30. The number of benzene rings is 4. The highest BCUT2D eigenvalue weighted by Crippen LogP contribution is 2.26. The van der Waals surface area contributed by atoms with Crippen molar-refractivity contribution in [3.63, 3.8) is 0 Å². The number of esters is 2. The molecule has 0 fully saturated rings. The Morgan fingerprint density at radius 2 is 0.566 bits per heavy atom. The zero-order valence-corrected chi connectivity index (χ0v) is 27.6. The van der Waals surface area contributed by atoms with Gasteiger partial charge >= 0.3 is 48.9 Å². The third kappa shape index (κ3) is 9.93. The lowest BCUT2D eigenvalue weighted by molar-refractivity contribution is 0.0216. The van der Waals surface area contributed by atoms with Crippen LogP contribution in [0.15, 0.2) is 129 Å². The van der Waals surface area contributed by atoms with Gasteiger partial charge in [0.1, 0.15) is 0 Å². The number of hydrogen-bond acceptors (Lipinski definition) is 19. The van der Waals surface area contributed by atoms with Gasteiger partial charge in [0, 0.05) is 0 Å². The van der Waals surface area contributed by atoms with Gasteiger partial charge in [0.25, 0.3) is 0 Å². The van der Waals surface area contributed by atoms with Gasteiger partial charge in [0.2, 0.25) is 19.7 Å². The first kappa shape index (κ1) is 38.5. The van der Waals surface area contributed by atoms with Crippen LogP contribution in [0.2, 0.25) is 0 Å². The highest BCUT2D eigenvalue weighted by molar-refractivity contribution is 7.92. The molecule has 0 heterocycles. The summed E-state index contributed by atoms with van der Waals surface area (Å²) in [5, 5.41) is 0. The molecule has 4 aromatic rings. The van der Waals surface area contributed by atoms with Gasteiger partial charge in [-0.2, -0.15) is 0 Å². The highest BCUT2D eigenvalue weighted by atomic mass is 32.2. The lowest BCUT2D eigenvalue weighted by atomic mass is 10.2. The van der Waals surface area contributed by atoms with Crippen LogP contribution in [0.4, 0.5) is 28.8 Å². The predicted molar refractivity (Wildman–Crippen MR) is 165 cm³/mol. The number of rotatable bonds is 6. The minimum Gasteiger partial charge on any atom is -0.356 e. The van der Waals surface area contributed by atoms with Gasteiger partial charge in [-0.3, -0.25) is 0 Å². The maximum atomic E-state index is 13.0. The van der Waals surface area contributed by atoms with Crippen LogP contribution in [0.25, 0.3) is 0 Å². The standard InChI is InChI=1S/C32H18O19S2/c33-25(21-15-7-9-17-23(21)52(41,42)19-11-3-1-4-12-19)45-27(35)47-29(37)49-31(39)51-32(40)50-30(38)48-28(36)46-26(34)22-16-8-10-18-24(22)53(43,44)20-13-5-2-6-14-20/h1-18H. The molecule has 0 aliphatic rings. The van der Waals surface area contributed by atoms with Crippen LogP contribution in [-0.2, 0) is 52.8 Å². The minimum atomic E-state index is -4.29. The van der Waals surface area contributed by atoms with E-state index in [1.807, 2.05) is 0 Å². The summed E-state index contributed by atoms with van der Waals surface area (Å²) >= 11 is 0. The fourth-order valence-corrected chi connectivity index (χ4v) is 6.85. The van der Waals surface area contributed by atoms with Crippen molar-refractivity contribution in [1.82, 2.24) is 0 Å². The number of hydrogen-bond donors (Lipinski definition) is 0. The summed E-state index contributed by atoms with van der Waals surface area (Å²) in [4.78, 5) is 93.9. The van der Waals surface area contributed by atoms with Crippen molar-refractivity contribution in [2.24, 2.45) is 0 Å². The second-order valence-corrected chi connectivity index (χ2v) is 13.3. The molecule has 0 aliphatic heterocycles. The Kier molecular flexibility index (Phi) is 12.1. The summed E-state index contributed by atoms with van der Waals surface area (Å²) in [5.74, 6) is -3.21. The molecule has 0 N–H and O–H groups in total. The van der Waals surface area contributed by atoms with Crippen molar-refractivity contribution >= 4 is 68.5 Å². The third-order valence-electron chi connectivity index (χ3n) is 6.09. The molecular weight excluding hydrogens is 752 g/mol. The Morgan fingerprint density at radius 1 is 0.321 bits per heavy atom. The van der Waals surface area contributed by atoms with Crippen molar-refractivity contribution in [1.29, 1.82) is 0 Å². The minimum absolute atomic E-state index is 0.206. The number of ether oxygens (including phenoxy) is 7. The van der Waals surface area contributed by atoms with E-state index in [4.69, 9.17) is 0 Å². The Balaban J connectivity index is 1.24. The van der Waals surface area contributed by atoms with E-state index in [2.05, 4.69) is 33.2 Å². The molecule has 0 atom stereocenters. The van der Waals surface area contributed by atoms with Crippen molar-refractivity contribution in [2.75, 3.05) is 0 Å². The molecule has 0 amide bonds. The predicted octanol–water partition coefficient (Wildman–Crippen LogP) is 5.17. The molecule has 0 saturated heterocycles. The van der Waals surface area contributed by atoms with Gasteiger partial charge in [-0.05, 0) is 48.5 Å². The first-order valence-corrected chi connectivity index (χ1v) is 16.9. The van der Waals surface area contributed by atoms with Gasteiger partial charge in [-0.15, -0.1) is 0 Å². The van der Waals surface area contributed by atoms with Crippen molar-refractivity contribution in [3.05, 3.63) is 120 Å². The Labute approximate surface area is 296 Å². The van der Waals surface area contributed by atoms with E-state index in [0.29, 0.717) is 0 Å². The van der Waals surface area contributed by atoms with Crippen molar-refractivity contribution < 1.29 is 88.3 Å². The first-order valence-electron chi connectivity index (χ1n) is 13.9. The quantitative estimate of drug-likeness (QED) is 0.139. The summed E-state index contributed by atoms with van der Waals surface area (Å²) in [7, 11) is -8.58. The third-order valence-corrected chi connectivity index (χ3v) is 9.74. The summed E-state index contributed by atoms with van der Waals surface area (Å²) in [6, 6.07) is 22.8. The van der Waals surface area contributed by atoms with E-state index in [0.717, 1.165) is 24.3 Å². The van der Waals surface area contributed by atoms with Crippen LogP contribution in [0.3, 0.4) is 0 Å². The molecule has 53 heavy (non-hydrogen) atoms. The molecule has 19 nitrogen and oxygen atoms in total. The number of carbonyl (C=O) groups excluding carboxylic acids is 8. The monoisotopic (exact) mass is 770 g/mol. The van der Waals surface area contributed by atoms with E-state index in [1.165, 1.54) is 72.8 Å². The second-order valence-electron chi connectivity index (χ2n) is 9.41. The fraction of sp³-hybridized carbons (Fsp3) is 0. The zero-order chi connectivity index (χ0) is 38.8. The topological polar surface area (TPSA) is 269 Å². The van der Waals surface area contributed by atoms with Gasteiger partial charge in [-0.1, -0.05) is 60.7 Å². The lowest BCUT2D eigenvalue weighted by Gasteiger charge is -2.09. The van der Waals surface area contributed by atoms with E-state index < -0.39 is 89.5 Å². The smallest absolute Gasteiger partial charge is 0.356 e. The van der Waals surface area contributed by atoms with Gasteiger partial charge in [-0.25, -0.2) is 55.2 Å². The van der Waals surface area contributed by atoms with Crippen LogP contribution in [0.1, 0.15) is 20.7 Å². The molecule has 4 aromatic carbocycles. The molecule has 272 valence electrons. The average molecular weight is 771 g/mol. The Hall–Kier alpha value is -7.26. The van der Waals surface area contributed by atoms with E-state index in [9.17, 15) is 55.2 Å². The SMILES string of the molecule is O=C(OC(=O)OC(=O)OC(=O)OC(=O)c1ccccc1S(=O)(=O)c1ccccc1)OC(=O)OC(=O)OC(=O)c1ccccc1S(=O)(=O)c1ccccc1. The highest BCUT2D eigenvalue weighted by Gasteiger charge is 2.31. The molecule has 0 saturated carbocycles. The molecule has 21 heteroatoms. The summed E-state index contributed by atoms with van der Waals surface area (Å²) in [6.07, 6.45) is -13.4. The molecule has 0 radical (unpaired) electrons. The fourth-order valence-electron chi connectivity index (χ4n) is 3.92. The maximum absolute atomic E-state index is 13.0. The van der Waals surface area contributed by atoms with Crippen LogP contribution in [0, 0.1) is 0 Å². The summed E-state index contributed by atoms with van der Waals surface area (Å²) in [6.45, 7) is 0. The molecule has 0 unspecified atom stereocenters. The molecule has 4 rings (SSSR count). The van der Waals surface area contributed by atoms with Gasteiger partial charge in [0.05, 0.1) is 30.7 Å². The van der Waals surface area contributed by atoms with Crippen LogP contribution < -0.4 is 0 Å². The van der Waals surface area contributed by atoms with E-state index in [1.54, 1.807) is 12.1 Å². The molecule has 0 aromatic heterocycles. The van der Waals surface area contributed by atoms with Gasteiger partial charge in [0.15, 0.2) is 0 Å². The van der Waals surface area contributed by atoms with Crippen molar-refractivity contribution in [2.45, 2.75) is 19.6 Å². The molecule has 0 aliphatic carbocycles. The lowest BCUT2D eigenvalue weighted by Crippen LogP contribution is -2.25. The number of carbonyl (C=O) groups is 8. The first-order chi connectivity index (χ1) is 25.1. The summed E-state index contributed by atoms with van der Waals surface area (Å²) < 4.78 is 79.5. The molecular formula is C32H18O19S2. The van der Waals surface area contributed by atoms with Gasteiger partial charge < -0.3 is 33.2 Å². The van der Waals surface area contributed by atoms with Crippen molar-refractivity contribution in [3.8, 4) is 0 Å². The second kappa shape index (κ2) is 16.6. The van der Waals surface area contributed by atoms with E-state index >= 15 is 0 Å². The van der Waals surface area contributed by atoms with Crippen LogP contribution >= 0.6 is 0 Å². The normalized spacial score (nSPS) is 10.8.